The van der Waals surface area contributed by atoms with Gasteiger partial charge in [-0.1, -0.05) is 41.5 Å². The van der Waals surface area contributed by atoms with Gasteiger partial charge in [-0.3, -0.25) is 4.90 Å². The smallest absolute Gasteiger partial charge is 0.0244 e. The van der Waals surface area contributed by atoms with Crippen molar-refractivity contribution in [2.75, 3.05) is 39.3 Å². The van der Waals surface area contributed by atoms with Gasteiger partial charge in [-0.25, -0.2) is 0 Å². The summed E-state index contributed by atoms with van der Waals surface area (Å²) in [7, 11) is 0. The average molecular weight is 296 g/mol. The van der Waals surface area contributed by atoms with Gasteiger partial charge in [0.2, 0.25) is 0 Å². The van der Waals surface area contributed by atoms with Crippen LogP contribution in [0.2, 0.25) is 0 Å². The lowest BCUT2D eigenvalue weighted by molar-refractivity contribution is 0.0515. The Kier molecular flexibility index (Phi) is 5.72. The van der Waals surface area contributed by atoms with Crippen molar-refractivity contribution in [1.29, 1.82) is 0 Å². The van der Waals surface area contributed by atoms with E-state index in [2.05, 4.69) is 56.7 Å². The molecule has 1 N–H and O–H groups in total. The molecule has 2 aliphatic heterocycles. The molecule has 0 spiro atoms. The van der Waals surface area contributed by atoms with Gasteiger partial charge in [-0.2, -0.15) is 0 Å². The molecule has 124 valence electrons. The van der Waals surface area contributed by atoms with Gasteiger partial charge >= 0.3 is 0 Å². The van der Waals surface area contributed by atoms with Gasteiger partial charge in [0, 0.05) is 38.3 Å². The van der Waals surface area contributed by atoms with E-state index in [0.717, 1.165) is 18.4 Å². The summed E-state index contributed by atoms with van der Waals surface area (Å²) in [5.41, 5.74) is 0.353. The van der Waals surface area contributed by atoms with Crippen molar-refractivity contribution in [3.8, 4) is 0 Å². The van der Waals surface area contributed by atoms with Crippen molar-refractivity contribution in [3.63, 3.8) is 0 Å². The van der Waals surface area contributed by atoms with Crippen molar-refractivity contribution in [1.82, 2.24) is 15.1 Å². The van der Waals surface area contributed by atoms with Crippen LogP contribution >= 0.6 is 0 Å². The molecule has 0 aromatic rings. The highest BCUT2D eigenvalue weighted by Gasteiger charge is 2.36. The highest BCUT2D eigenvalue weighted by atomic mass is 15.3. The zero-order valence-electron chi connectivity index (χ0n) is 15.2. The van der Waals surface area contributed by atoms with Gasteiger partial charge < -0.3 is 10.2 Å². The Morgan fingerprint density at radius 1 is 1.19 bits per heavy atom. The number of hydrogen-bond acceptors (Lipinski definition) is 3. The van der Waals surface area contributed by atoms with E-state index in [9.17, 15) is 0 Å². The van der Waals surface area contributed by atoms with Gasteiger partial charge in [-0.15, -0.1) is 0 Å². The van der Waals surface area contributed by atoms with E-state index in [1.807, 2.05) is 0 Å². The van der Waals surface area contributed by atoms with Crippen molar-refractivity contribution in [2.45, 2.75) is 60.0 Å². The first-order valence-corrected chi connectivity index (χ1v) is 9.01. The SMILES string of the molecule is CCN1CCC(CN2CC(C(C)(C)C)NCC2C(C)C)C1. The molecule has 2 rings (SSSR count). The van der Waals surface area contributed by atoms with Crippen LogP contribution in [0.5, 0.6) is 0 Å². The molecule has 0 bridgehead atoms. The summed E-state index contributed by atoms with van der Waals surface area (Å²) in [6.45, 7) is 21.7. The standard InChI is InChI=1S/C18H37N3/c1-7-20-9-8-15(11-20)12-21-13-17(18(4,5)6)19-10-16(21)14(2)3/h14-17,19H,7-13H2,1-6H3. The molecular formula is C18H37N3. The highest BCUT2D eigenvalue weighted by Crippen LogP contribution is 2.27. The molecule has 3 atom stereocenters. The summed E-state index contributed by atoms with van der Waals surface area (Å²) in [6, 6.07) is 1.33. The molecule has 2 fully saturated rings. The van der Waals surface area contributed by atoms with Crippen molar-refractivity contribution in [2.24, 2.45) is 17.3 Å². The van der Waals surface area contributed by atoms with E-state index in [1.165, 1.54) is 39.1 Å². The lowest BCUT2D eigenvalue weighted by Gasteiger charge is -2.47. The monoisotopic (exact) mass is 295 g/mol. The maximum Gasteiger partial charge on any atom is 0.0244 e. The molecule has 0 aromatic heterocycles. The summed E-state index contributed by atoms with van der Waals surface area (Å²) in [5.74, 6) is 1.62. The highest BCUT2D eigenvalue weighted by molar-refractivity contribution is 4.94. The maximum atomic E-state index is 3.81. The second kappa shape index (κ2) is 6.97. The van der Waals surface area contributed by atoms with Crippen molar-refractivity contribution in [3.05, 3.63) is 0 Å². The second-order valence-electron chi connectivity index (χ2n) is 8.64. The van der Waals surface area contributed by atoms with E-state index < -0.39 is 0 Å². The molecule has 3 nitrogen and oxygen atoms in total. The molecule has 0 amide bonds. The van der Waals surface area contributed by atoms with Crippen LogP contribution in [0.25, 0.3) is 0 Å². The molecule has 3 heteroatoms. The van der Waals surface area contributed by atoms with Crippen LogP contribution in [0, 0.1) is 17.3 Å². The molecule has 0 saturated carbocycles. The number of nitrogens with one attached hydrogen (secondary N) is 1. The fraction of sp³-hybridized carbons (Fsp3) is 1.00. The minimum absolute atomic E-state index is 0.353. The lowest BCUT2D eigenvalue weighted by atomic mass is 9.83. The molecule has 21 heavy (non-hydrogen) atoms. The Morgan fingerprint density at radius 2 is 1.90 bits per heavy atom. The van der Waals surface area contributed by atoms with Crippen molar-refractivity contribution >= 4 is 0 Å². The zero-order valence-corrected chi connectivity index (χ0v) is 15.2. The Bertz CT molecular complexity index is 321. The number of nitrogens with zero attached hydrogens (tertiary/aromatic N) is 2. The van der Waals surface area contributed by atoms with E-state index >= 15 is 0 Å². The molecular weight excluding hydrogens is 258 g/mol. The van der Waals surface area contributed by atoms with E-state index in [4.69, 9.17) is 0 Å². The minimum atomic E-state index is 0.353. The van der Waals surface area contributed by atoms with E-state index in [0.29, 0.717) is 17.5 Å². The third-order valence-corrected chi connectivity index (χ3v) is 5.58. The van der Waals surface area contributed by atoms with Crippen LogP contribution in [0.4, 0.5) is 0 Å². The summed E-state index contributed by atoms with van der Waals surface area (Å²) in [5, 5.41) is 3.81. The first-order valence-electron chi connectivity index (χ1n) is 9.01. The van der Waals surface area contributed by atoms with Crippen LogP contribution in [0.3, 0.4) is 0 Å². The molecule has 2 heterocycles. The maximum absolute atomic E-state index is 3.81. The zero-order chi connectivity index (χ0) is 15.6. The Morgan fingerprint density at radius 3 is 2.43 bits per heavy atom. The topological polar surface area (TPSA) is 18.5 Å². The minimum Gasteiger partial charge on any atom is -0.311 e. The van der Waals surface area contributed by atoms with Gasteiger partial charge in [-0.05, 0) is 36.8 Å². The predicted octanol–water partition coefficient (Wildman–Crippen LogP) is 2.67. The predicted molar refractivity (Wildman–Crippen MR) is 91.7 cm³/mol. The summed E-state index contributed by atoms with van der Waals surface area (Å²) in [6.07, 6.45) is 1.39. The average Bonchev–Trinajstić information content (AvgIpc) is 2.85. The van der Waals surface area contributed by atoms with Gasteiger partial charge in [0.05, 0.1) is 0 Å². The van der Waals surface area contributed by atoms with Gasteiger partial charge in [0.1, 0.15) is 0 Å². The van der Waals surface area contributed by atoms with Crippen molar-refractivity contribution < 1.29 is 0 Å². The molecule has 2 saturated heterocycles. The number of hydrogen-bond donors (Lipinski definition) is 1. The fourth-order valence-electron chi connectivity index (χ4n) is 3.95. The van der Waals surface area contributed by atoms with Crippen LogP contribution in [0.15, 0.2) is 0 Å². The molecule has 0 radical (unpaired) electrons. The third-order valence-electron chi connectivity index (χ3n) is 5.58. The van der Waals surface area contributed by atoms with E-state index in [-0.39, 0.29) is 0 Å². The second-order valence-corrected chi connectivity index (χ2v) is 8.64. The first kappa shape index (κ1) is 17.2. The third kappa shape index (κ3) is 4.43. The quantitative estimate of drug-likeness (QED) is 0.860. The fourth-order valence-corrected chi connectivity index (χ4v) is 3.95. The van der Waals surface area contributed by atoms with E-state index in [1.54, 1.807) is 0 Å². The molecule has 3 unspecified atom stereocenters. The van der Waals surface area contributed by atoms with Gasteiger partial charge in [0.15, 0.2) is 0 Å². The Hall–Kier alpha value is -0.120. The molecule has 0 aromatic carbocycles. The Labute approximate surface area is 132 Å². The first-order chi connectivity index (χ1) is 9.81. The van der Waals surface area contributed by atoms with Crippen LogP contribution < -0.4 is 5.32 Å². The van der Waals surface area contributed by atoms with Crippen LogP contribution in [-0.2, 0) is 0 Å². The largest absolute Gasteiger partial charge is 0.311 e. The molecule has 0 aliphatic carbocycles. The Balaban J connectivity index is 1.98. The summed E-state index contributed by atoms with van der Waals surface area (Å²) < 4.78 is 0. The summed E-state index contributed by atoms with van der Waals surface area (Å²) >= 11 is 0. The normalized spacial score (nSPS) is 33.0. The molecule has 2 aliphatic rings. The number of piperazine rings is 1. The number of likely N-dealkylation sites (tertiary alicyclic amines) is 1. The lowest BCUT2D eigenvalue weighted by Crippen LogP contribution is -2.62. The van der Waals surface area contributed by atoms with Gasteiger partial charge in [0.25, 0.3) is 0 Å². The summed E-state index contributed by atoms with van der Waals surface area (Å²) in [4.78, 5) is 5.42. The van der Waals surface area contributed by atoms with Crippen LogP contribution in [0.1, 0.15) is 48.0 Å². The number of rotatable bonds is 4. The van der Waals surface area contributed by atoms with Crippen LogP contribution in [-0.4, -0.2) is 61.2 Å².